The summed E-state index contributed by atoms with van der Waals surface area (Å²) in [4.78, 5) is 31.8. The molecule has 2 saturated heterocycles. The van der Waals surface area contributed by atoms with E-state index in [0.29, 0.717) is 37.0 Å². The molecule has 3 aliphatic rings. The summed E-state index contributed by atoms with van der Waals surface area (Å²) in [5.74, 6) is -0.320. The van der Waals surface area contributed by atoms with E-state index >= 15 is 0 Å². The molecular formula is C25H36N4O3S. The molecule has 0 bridgehead atoms. The zero-order valence-electron chi connectivity index (χ0n) is 20.0. The minimum absolute atomic E-state index is 0.0605. The lowest BCUT2D eigenvalue weighted by Crippen LogP contribution is -2.62. The van der Waals surface area contributed by atoms with Gasteiger partial charge in [-0.1, -0.05) is 12.1 Å². The van der Waals surface area contributed by atoms with E-state index in [1.165, 1.54) is 18.4 Å². The van der Waals surface area contributed by atoms with Gasteiger partial charge in [0.2, 0.25) is 5.91 Å². The summed E-state index contributed by atoms with van der Waals surface area (Å²) in [6, 6.07) is 9.11. The van der Waals surface area contributed by atoms with E-state index < -0.39 is 0 Å². The molecule has 7 nitrogen and oxygen atoms in total. The minimum atomic E-state index is -0.187. The van der Waals surface area contributed by atoms with Crippen LogP contribution in [0.1, 0.15) is 38.2 Å². The van der Waals surface area contributed by atoms with E-state index in [4.69, 9.17) is 17.0 Å². The number of nitrogens with zero attached hydrogens (tertiary/aromatic N) is 3. The second-order valence-corrected chi connectivity index (χ2v) is 10.1. The number of ether oxygens (including phenoxy) is 1. The molecule has 4 rings (SSSR count). The van der Waals surface area contributed by atoms with Crippen molar-refractivity contribution in [1.82, 2.24) is 15.1 Å². The van der Waals surface area contributed by atoms with Crippen LogP contribution >= 0.6 is 12.2 Å². The third-order valence-corrected chi connectivity index (χ3v) is 7.76. The molecule has 1 aromatic rings. The Bertz CT molecular complexity index is 894. The topological polar surface area (TPSA) is 65.1 Å². The molecule has 4 atom stereocenters. The van der Waals surface area contributed by atoms with Crippen LogP contribution in [0.25, 0.3) is 0 Å². The van der Waals surface area contributed by atoms with Gasteiger partial charge < -0.3 is 15.0 Å². The molecule has 2 aliphatic heterocycles. The van der Waals surface area contributed by atoms with E-state index in [9.17, 15) is 9.59 Å². The van der Waals surface area contributed by atoms with Gasteiger partial charge in [-0.3, -0.25) is 19.4 Å². The Morgan fingerprint density at radius 1 is 1.24 bits per heavy atom. The first-order valence-electron chi connectivity index (χ1n) is 12.1. The van der Waals surface area contributed by atoms with E-state index in [2.05, 4.69) is 53.2 Å². The number of fused-ring (bicyclic) bond motifs is 1. The van der Waals surface area contributed by atoms with Gasteiger partial charge in [-0.2, -0.15) is 0 Å². The number of methoxy groups -OCH3 is 1. The van der Waals surface area contributed by atoms with Crippen molar-refractivity contribution in [3.05, 3.63) is 29.8 Å². The Morgan fingerprint density at radius 3 is 2.79 bits per heavy atom. The summed E-state index contributed by atoms with van der Waals surface area (Å²) in [6.07, 6.45) is 2.91. The van der Waals surface area contributed by atoms with Crippen LogP contribution in [0, 0.1) is 18.8 Å². The fraction of sp³-hybridized carbons (Fsp3) is 0.640. The number of benzene rings is 1. The molecular weight excluding hydrogens is 436 g/mol. The molecule has 3 fully saturated rings. The lowest BCUT2D eigenvalue weighted by atomic mass is 9.76. The average molecular weight is 473 g/mol. The second kappa shape index (κ2) is 10.4. The zero-order valence-corrected chi connectivity index (χ0v) is 20.8. The van der Waals surface area contributed by atoms with Crippen LogP contribution in [0.3, 0.4) is 0 Å². The maximum atomic E-state index is 13.1. The minimum Gasteiger partial charge on any atom is -0.469 e. The number of rotatable bonds is 6. The van der Waals surface area contributed by atoms with Crippen LogP contribution in [0.5, 0.6) is 0 Å². The molecule has 0 spiro atoms. The van der Waals surface area contributed by atoms with Crippen molar-refractivity contribution in [1.29, 1.82) is 0 Å². The van der Waals surface area contributed by atoms with Gasteiger partial charge in [0.25, 0.3) is 0 Å². The molecule has 1 amide bonds. The molecule has 0 radical (unpaired) electrons. The monoisotopic (exact) mass is 472 g/mol. The molecule has 33 heavy (non-hydrogen) atoms. The number of carbonyl (C=O) groups is 2. The zero-order chi connectivity index (χ0) is 23.5. The van der Waals surface area contributed by atoms with Crippen molar-refractivity contribution in [2.45, 2.75) is 51.6 Å². The molecule has 1 saturated carbocycles. The number of nitrogens with one attached hydrogen (secondary N) is 1. The predicted octanol–water partition coefficient (Wildman–Crippen LogP) is 2.57. The van der Waals surface area contributed by atoms with Gasteiger partial charge in [0.05, 0.1) is 18.9 Å². The number of amides is 1. The number of aryl methyl sites for hydroxylation is 1. The van der Waals surface area contributed by atoms with Gasteiger partial charge >= 0.3 is 5.97 Å². The second-order valence-electron chi connectivity index (χ2n) is 9.72. The summed E-state index contributed by atoms with van der Waals surface area (Å²) in [7, 11) is 1.42. The quantitative estimate of drug-likeness (QED) is 0.504. The maximum Gasteiger partial charge on any atom is 0.308 e. The molecule has 2 heterocycles. The third kappa shape index (κ3) is 5.32. The number of thiocarbonyl (C=S) groups is 1. The number of hydrogen-bond acceptors (Lipinski definition) is 6. The van der Waals surface area contributed by atoms with Crippen molar-refractivity contribution in [3.63, 3.8) is 0 Å². The van der Waals surface area contributed by atoms with Crippen molar-refractivity contribution >= 4 is 34.9 Å². The highest BCUT2D eigenvalue weighted by molar-refractivity contribution is 7.80. The molecule has 1 aliphatic carbocycles. The van der Waals surface area contributed by atoms with Gasteiger partial charge in [0.1, 0.15) is 0 Å². The summed E-state index contributed by atoms with van der Waals surface area (Å²) in [6.45, 7) is 9.07. The first kappa shape index (κ1) is 24.0. The third-order valence-electron chi connectivity index (χ3n) is 7.42. The van der Waals surface area contributed by atoms with Crippen molar-refractivity contribution in [2.75, 3.05) is 44.7 Å². The van der Waals surface area contributed by atoms with Crippen molar-refractivity contribution in [2.24, 2.45) is 11.8 Å². The number of carbonyl (C=O) groups excluding carboxylic acids is 2. The summed E-state index contributed by atoms with van der Waals surface area (Å²) in [5, 5.41) is 3.84. The normalized spacial score (nSPS) is 28.3. The molecule has 4 unspecified atom stereocenters. The first-order chi connectivity index (χ1) is 15.9. The standard InChI is InChI=1S/C25H36N4O3S/c1-17-6-4-7-20(14-17)28-13-12-27(16-18(28)2)10-5-11-29-23(30)21-9-8-19(24(31)32-3)15-22(21)26-25(29)33/h4,6-7,14,18-19,21-22H,5,8-13,15-16H2,1-3H3,(H,26,33). The van der Waals surface area contributed by atoms with Crippen molar-refractivity contribution in [3.8, 4) is 0 Å². The highest BCUT2D eigenvalue weighted by atomic mass is 32.1. The summed E-state index contributed by atoms with van der Waals surface area (Å²) in [5.41, 5.74) is 2.59. The lowest BCUT2D eigenvalue weighted by molar-refractivity contribution is -0.149. The summed E-state index contributed by atoms with van der Waals surface area (Å²) < 4.78 is 4.90. The average Bonchev–Trinajstić information content (AvgIpc) is 2.80. The SMILES string of the molecule is COC(=O)C1CCC2C(=O)N(CCCN3CCN(c4cccc(C)c4)C(C)C3)C(=S)NC2C1. The highest BCUT2D eigenvalue weighted by Gasteiger charge is 2.44. The fourth-order valence-electron chi connectivity index (χ4n) is 5.63. The Hall–Kier alpha value is -2.19. The summed E-state index contributed by atoms with van der Waals surface area (Å²) >= 11 is 5.53. The van der Waals surface area contributed by atoms with Crippen molar-refractivity contribution < 1.29 is 14.3 Å². The Labute approximate surface area is 202 Å². The van der Waals surface area contributed by atoms with Crippen LogP contribution in [0.4, 0.5) is 5.69 Å². The first-order valence-corrected chi connectivity index (χ1v) is 12.5. The van der Waals surface area contributed by atoms with Crippen LogP contribution in [0.15, 0.2) is 24.3 Å². The maximum absolute atomic E-state index is 13.1. The van der Waals surface area contributed by atoms with Gasteiger partial charge in [-0.05, 0) is 76.0 Å². The predicted molar refractivity (Wildman–Crippen MR) is 133 cm³/mol. The number of hydrogen-bond donors (Lipinski definition) is 1. The fourth-order valence-corrected chi connectivity index (χ4v) is 5.97. The molecule has 1 aromatic carbocycles. The number of esters is 1. The van der Waals surface area contributed by atoms with Crippen LogP contribution in [0.2, 0.25) is 0 Å². The molecule has 1 N–H and O–H groups in total. The Balaban J connectivity index is 1.25. The largest absolute Gasteiger partial charge is 0.469 e. The van der Waals surface area contributed by atoms with Gasteiger partial charge in [0.15, 0.2) is 5.11 Å². The number of anilines is 1. The molecule has 180 valence electrons. The van der Waals surface area contributed by atoms with Gasteiger partial charge in [-0.15, -0.1) is 0 Å². The van der Waals surface area contributed by atoms with Crippen LogP contribution in [-0.2, 0) is 14.3 Å². The lowest BCUT2D eigenvalue weighted by Gasteiger charge is -2.44. The smallest absolute Gasteiger partial charge is 0.308 e. The van der Waals surface area contributed by atoms with Gasteiger partial charge in [-0.25, -0.2) is 0 Å². The van der Waals surface area contributed by atoms with Crippen LogP contribution < -0.4 is 10.2 Å². The van der Waals surface area contributed by atoms with E-state index in [-0.39, 0.29) is 29.8 Å². The van der Waals surface area contributed by atoms with E-state index in [0.717, 1.165) is 32.6 Å². The molecule has 0 aromatic heterocycles. The Morgan fingerprint density at radius 2 is 2.06 bits per heavy atom. The highest BCUT2D eigenvalue weighted by Crippen LogP contribution is 2.33. The van der Waals surface area contributed by atoms with Crippen LogP contribution in [-0.4, -0.2) is 78.7 Å². The Kier molecular flexibility index (Phi) is 7.54. The van der Waals surface area contributed by atoms with E-state index in [1.54, 1.807) is 4.90 Å². The van der Waals surface area contributed by atoms with Gasteiger partial charge in [0, 0.05) is 44.0 Å². The van der Waals surface area contributed by atoms with E-state index in [1.807, 2.05) is 0 Å². The molecule has 8 heteroatoms. The number of piperazine rings is 1.